The predicted molar refractivity (Wildman–Crippen MR) is 82.7 cm³/mol. The van der Waals surface area contributed by atoms with Gasteiger partial charge in [0.25, 0.3) is 0 Å². The summed E-state index contributed by atoms with van der Waals surface area (Å²) >= 11 is 2.29. The summed E-state index contributed by atoms with van der Waals surface area (Å²) in [7, 11) is 0. The molecule has 1 aromatic carbocycles. The van der Waals surface area contributed by atoms with Crippen molar-refractivity contribution in [2.45, 2.75) is 19.4 Å². The number of hydrogen-bond acceptors (Lipinski definition) is 2. The summed E-state index contributed by atoms with van der Waals surface area (Å²) in [5.74, 6) is 0. The molecule has 0 aliphatic heterocycles. The van der Waals surface area contributed by atoms with Crippen LogP contribution in [0.5, 0.6) is 0 Å². The first-order valence-electron chi connectivity index (χ1n) is 6.26. The second-order valence-corrected chi connectivity index (χ2v) is 5.51. The normalized spacial score (nSPS) is 12.6. The van der Waals surface area contributed by atoms with Gasteiger partial charge in [0.15, 0.2) is 0 Å². The number of aromatic nitrogens is 2. The van der Waals surface area contributed by atoms with E-state index in [-0.39, 0.29) is 6.04 Å². The molecule has 0 radical (unpaired) electrons. The van der Waals surface area contributed by atoms with Crippen LogP contribution in [0.2, 0.25) is 0 Å². The van der Waals surface area contributed by atoms with Crippen molar-refractivity contribution in [3.8, 4) is 0 Å². The monoisotopic (exact) mass is 355 g/mol. The molecule has 0 saturated carbocycles. The van der Waals surface area contributed by atoms with Crippen LogP contribution < -0.4 is 5.32 Å². The van der Waals surface area contributed by atoms with Crippen molar-refractivity contribution in [1.29, 1.82) is 0 Å². The van der Waals surface area contributed by atoms with Gasteiger partial charge in [-0.3, -0.25) is 4.68 Å². The Hall–Kier alpha value is -0.880. The van der Waals surface area contributed by atoms with Crippen LogP contribution in [-0.2, 0) is 0 Å². The molecule has 1 unspecified atom stereocenters. The average molecular weight is 355 g/mol. The number of rotatable bonds is 6. The molecule has 4 heteroatoms. The van der Waals surface area contributed by atoms with Gasteiger partial charge in [-0.05, 0) is 41.1 Å². The molecule has 96 valence electrons. The molecule has 0 amide bonds. The van der Waals surface area contributed by atoms with Crippen LogP contribution in [-0.4, -0.2) is 22.9 Å². The van der Waals surface area contributed by atoms with Gasteiger partial charge in [0.1, 0.15) is 0 Å². The van der Waals surface area contributed by atoms with Gasteiger partial charge < -0.3 is 5.32 Å². The molecule has 18 heavy (non-hydrogen) atoms. The molecule has 2 aromatic rings. The van der Waals surface area contributed by atoms with Crippen molar-refractivity contribution in [2.24, 2.45) is 0 Å². The highest BCUT2D eigenvalue weighted by Crippen LogP contribution is 2.17. The van der Waals surface area contributed by atoms with E-state index in [4.69, 9.17) is 0 Å². The lowest BCUT2D eigenvalue weighted by Crippen LogP contribution is -2.27. The van der Waals surface area contributed by atoms with Crippen LogP contribution in [0.15, 0.2) is 42.7 Å². The van der Waals surface area contributed by atoms with Gasteiger partial charge in [0, 0.05) is 12.7 Å². The van der Waals surface area contributed by atoms with Crippen LogP contribution in [0.25, 0.3) is 0 Å². The SMILES string of the molecule is CCCNCC(c1ccccc1)n1cc(I)cn1. The van der Waals surface area contributed by atoms with E-state index >= 15 is 0 Å². The summed E-state index contributed by atoms with van der Waals surface area (Å²) < 4.78 is 3.21. The maximum absolute atomic E-state index is 4.44. The highest BCUT2D eigenvalue weighted by atomic mass is 127. The highest BCUT2D eigenvalue weighted by Gasteiger charge is 2.13. The highest BCUT2D eigenvalue weighted by molar-refractivity contribution is 14.1. The van der Waals surface area contributed by atoms with Gasteiger partial charge in [-0.1, -0.05) is 37.3 Å². The van der Waals surface area contributed by atoms with Crippen LogP contribution in [0, 0.1) is 3.57 Å². The Morgan fingerprint density at radius 1 is 1.33 bits per heavy atom. The average Bonchev–Trinajstić information content (AvgIpc) is 2.82. The van der Waals surface area contributed by atoms with E-state index in [2.05, 4.69) is 70.4 Å². The Labute approximate surface area is 122 Å². The molecule has 0 fully saturated rings. The van der Waals surface area contributed by atoms with Crippen molar-refractivity contribution in [1.82, 2.24) is 15.1 Å². The van der Waals surface area contributed by atoms with Crippen molar-refractivity contribution in [3.63, 3.8) is 0 Å². The van der Waals surface area contributed by atoms with Gasteiger partial charge in [-0.15, -0.1) is 0 Å². The summed E-state index contributed by atoms with van der Waals surface area (Å²) in [5, 5.41) is 7.92. The molecule has 2 rings (SSSR count). The maximum atomic E-state index is 4.44. The first-order valence-corrected chi connectivity index (χ1v) is 7.34. The lowest BCUT2D eigenvalue weighted by molar-refractivity contribution is 0.480. The van der Waals surface area contributed by atoms with Gasteiger partial charge >= 0.3 is 0 Å². The molecular formula is C14H18IN3. The molecule has 0 aliphatic carbocycles. The van der Waals surface area contributed by atoms with Crippen LogP contribution in [0.3, 0.4) is 0 Å². The molecular weight excluding hydrogens is 337 g/mol. The molecule has 0 bridgehead atoms. The summed E-state index contributed by atoms with van der Waals surface area (Å²) in [4.78, 5) is 0. The minimum absolute atomic E-state index is 0.265. The van der Waals surface area contributed by atoms with Gasteiger partial charge in [0.2, 0.25) is 0 Å². The third-order valence-corrected chi connectivity index (χ3v) is 3.40. The minimum Gasteiger partial charge on any atom is -0.314 e. The van der Waals surface area contributed by atoms with Gasteiger partial charge in [0.05, 0.1) is 15.8 Å². The fourth-order valence-electron chi connectivity index (χ4n) is 1.94. The zero-order valence-corrected chi connectivity index (χ0v) is 12.7. The number of halogens is 1. The lowest BCUT2D eigenvalue weighted by Gasteiger charge is -2.18. The van der Waals surface area contributed by atoms with Crippen molar-refractivity contribution in [3.05, 3.63) is 51.9 Å². The predicted octanol–water partition coefficient (Wildman–Crippen LogP) is 3.08. The Kier molecular flexibility index (Phi) is 5.19. The Balaban J connectivity index is 2.18. The van der Waals surface area contributed by atoms with Crippen molar-refractivity contribution >= 4 is 22.6 Å². The molecule has 1 N–H and O–H groups in total. The third kappa shape index (κ3) is 3.55. The molecule has 1 atom stereocenters. The van der Waals surface area contributed by atoms with E-state index in [0.29, 0.717) is 0 Å². The summed E-state index contributed by atoms with van der Waals surface area (Å²) in [6, 6.07) is 10.8. The Bertz CT molecular complexity index is 467. The quantitative estimate of drug-likeness (QED) is 0.638. The summed E-state index contributed by atoms with van der Waals surface area (Å²) in [5.41, 5.74) is 1.29. The van der Waals surface area contributed by atoms with E-state index in [1.807, 2.05) is 16.9 Å². The number of benzene rings is 1. The van der Waals surface area contributed by atoms with Gasteiger partial charge in [-0.25, -0.2) is 0 Å². The first-order chi connectivity index (χ1) is 8.81. The molecule has 0 spiro atoms. The van der Waals surface area contributed by atoms with Crippen LogP contribution in [0.4, 0.5) is 0 Å². The molecule has 1 heterocycles. The van der Waals surface area contributed by atoms with E-state index < -0.39 is 0 Å². The Morgan fingerprint density at radius 3 is 2.72 bits per heavy atom. The van der Waals surface area contributed by atoms with Gasteiger partial charge in [-0.2, -0.15) is 5.10 Å². The van der Waals surface area contributed by atoms with Crippen LogP contribution in [0.1, 0.15) is 24.9 Å². The summed E-state index contributed by atoms with van der Waals surface area (Å²) in [6.07, 6.45) is 5.14. The first kappa shape index (κ1) is 13.5. The molecule has 0 aliphatic rings. The fraction of sp³-hybridized carbons (Fsp3) is 0.357. The number of hydrogen-bond donors (Lipinski definition) is 1. The smallest absolute Gasteiger partial charge is 0.0893 e. The molecule has 1 aromatic heterocycles. The van der Waals surface area contributed by atoms with E-state index in [0.717, 1.165) is 19.5 Å². The van der Waals surface area contributed by atoms with E-state index in [9.17, 15) is 0 Å². The molecule has 3 nitrogen and oxygen atoms in total. The second kappa shape index (κ2) is 6.89. The van der Waals surface area contributed by atoms with Crippen molar-refractivity contribution < 1.29 is 0 Å². The zero-order chi connectivity index (χ0) is 12.8. The number of nitrogens with one attached hydrogen (secondary N) is 1. The zero-order valence-electron chi connectivity index (χ0n) is 10.5. The van der Waals surface area contributed by atoms with E-state index in [1.165, 1.54) is 9.13 Å². The Morgan fingerprint density at radius 2 is 2.11 bits per heavy atom. The second-order valence-electron chi connectivity index (χ2n) is 4.27. The topological polar surface area (TPSA) is 29.9 Å². The fourth-order valence-corrected chi connectivity index (χ4v) is 2.35. The standard InChI is InChI=1S/C14H18IN3/c1-2-8-16-10-14(12-6-4-3-5-7-12)18-11-13(15)9-17-18/h3-7,9,11,14,16H,2,8,10H2,1H3. The lowest BCUT2D eigenvalue weighted by atomic mass is 10.1. The maximum Gasteiger partial charge on any atom is 0.0893 e. The molecule has 0 saturated heterocycles. The van der Waals surface area contributed by atoms with E-state index in [1.54, 1.807) is 0 Å². The summed E-state index contributed by atoms with van der Waals surface area (Å²) in [6.45, 7) is 4.14. The minimum atomic E-state index is 0.265. The number of nitrogens with zero attached hydrogens (tertiary/aromatic N) is 2. The third-order valence-electron chi connectivity index (χ3n) is 2.84. The van der Waals surface area contributed by atoms with Crippen LogP contribution >= 0.6 is 22.6 Å². The largest absolute Gasteiger partial charge is 0.314 e. The van der Waals surface area contributed by atoms with Crippen molar-refractivity contribution in [2.75, 3.05) is 13.1 Å².